The second kappa shape index (κ2) is 6.45. The first kappa shape index (κ1) is 17.1. The predicted molar refractivity (Wildman–Crippen MR) is 93.2 cm³/mol. The Hall–Kier alpha value is -0.290. The molecule has 0 aliphatic carbocycles. The molecule has 5 nitrogen and oxygen atoms in total. The van der Waals surface area contributed by atoms with Gasteiger partial charge in [-0.05, 0) is 66.0 Å². The van der Waals surface area contributed by atoms with Crippen LogP contribution in [0.3, 0.4) is 0 Å². The second-order valence-corrected chi connectivity index (χ2v) is 15.1. The number of aromatic nitrogens is 1. The molecule has 0 spiro atoms. The van der Waals surface area contributed by atoms with E-state index in [1.165, 1.54) is 35.6 Å². The van der Waals surface area contributed by atoms with Gasteiger partial charge in [0.1, 0.15) is 0 Å². The molecule has 0 fully saturated rings. The van der Waals surface area contributed by atoms with Gasteiger partial charge in [-0.1, -0.05) is 6.07 Å². The number of amides is 1. The molecule has 1 aromatic heterocycles. The van der Waals surface area contributed by atoms with Gasteiger partial charge in [-0.3, -0.25) is 10.1 Å². The summed E-state index contributed by atoms with van der Waals surface area (Å²) in [6.45, 7) is 0. The zero-order chi connectivity index (χ0) is 15.7. The molecule has 0 unspecified atom stereocenters. The number of anilines is 1. The van der Waals surface area contributed by atoms with E-state index in [1.807, 2.05) is 0 Å². The predicted octanol–water partition coefficient (Wildman–Crippen LogP) is 3.97. The maximum absolute atomic E-state index is 12.3. The van der Waals surface area contributed by atoms with Crippen LogP contribution < -0.4 is 5.32 Å². The second-order valence-electron chi connectivity index (χ2n) is 3.77. The number of carbonyl (C=O) groups excluding carboxylic acids is 1. The van der Waals surface area contributed by atoms with Crippen LogP contribution in [0.5, 0.6) is 0 Å². The molecule has 2 aromatic rings. The van der Waals surface area contributed by atoms with Gasteiger partial charge in [0, 0.05) is 17.1 Å². The normalized spacial score (nSPS) is 12.1. The number of benzene rings is 1. The third-order valence-corrected chi connectivity index (χ3v) is 8.37. The molecule has 21 heavy (non-hydrogen) atoms. The van der Waals surface area contributed by atoms with E-state index in [0.717, 1.165) is 0 Å². The van der Waals surface area contributed by atoms with E-state index in [4.69, 9.17) is 0 Å². The molecule has 2 rings (SSSR count). The van der Waals surface area contributed by atoms with Gasteiger partial charge in [-0.2, -0.15) is 0 Å². The molecular formula is C11H7Br3N2O3S2. The maximum atomic E-state index is 12.3. The molecule has 1 heterocycles. The van der Waals surface area contributed by atoms with Crippen LogP contribution >= 0.6 is 59.1 Å². The largest absolute Gasteiger partial charge is 0.298 e. The first-order valence-electron chi connectivity index (χ1n) is 5.34. The van der Waals surface area contributed by atoms with Crippen LogP contribution in [0.4, 0.5) is 5.13 Å². The Labute approximate surface area is 150 Å². The van der Waals surface area contributed by atoms with E-state index in [2.05, 4.69) is 58.1 Å². The summed E-state index contributed by atoms with van der Waals surface area (Å²) < 4.78 is 23.0. The van der Waals surface area contributed by atoms with Gasteiger partial charge in [-0.15, -0.1) is 11.3 Å². The van der Waals surface area contributed by atoms with Crippen LogP contribution in [-0.4, -0.2) is 20.8 Å². The van der Waals surface area contributed by atoms with E-state index in [9.17, 15) is 13.2 Å². The number of alkyl halides is 3. The van der Waals surface area contributed by atoms with Crippen LogP contribution in [0.15, 0.2) is 40.7 Å². The van der Waals surface area contributed by atoms with Crippen molar-refractivity contribution in [3.05, 3.63) is 41.4 Å². The Morgan fingerprint density at radius 1 is 1.29 bits per heavy atom. The van der Waals surface area contributed by atoms with Crippen molar-refractivity contribution in [2.45, 2.75) is 6.37 Å². The number of rotatable bonds is 3. The minimum Gasteiger partial charge on any atom is -0.298 e. The molecule has 1 aromatic carbocycles. The molecule has 0 saturated carbocycles. The minimum atomic E-state index is -3.74. The summed E-state index contributed by atoms with van der Waals surface area (Å²) >= 11 is 10.2. The van der Waals surface area contributed by atoms with Gasteiger partial charge >= 0.3 is 0 Å². The number of nitrogens with zero attached hydrogens (tertiary/aromatic N) is 1. The minimum absolute atomic E-state index is 0.0000798. The fourth-order valence-corrected chi connectivity index (χ4v) is 4.41. The average molecular weight is 519 g/mol. The Morgan fingerprint density at radius 3 is 2.57 bits per heavy atom. The maximum Gasteiger partial charge on any atom is 0.257 e. The standard InChI is InChI=1S/C11H7Br3N2O3S2/c12-11(13,14)21(18,19)8-3-1-2-7(6-8)9(17)16-10-15-4-5-20-10/h1-6H,(H,15,16,17). The summed E-state index contributed by atoms with van der Waals surface area (Å²) in [5.74, 6) is -0.425. The highest BCUT2D eigenvalue weighted by molar-refractivity contribution is 9.42. The molecule has 0 aliphatic heterocycles. The summed E-state index contributed by atoms with van der Waals surface area (Å²) in [7, 11) is -3.74. The van der Waals surface area contributed by atoms with Gasteiger partial charge in [0.05, 0.1) is 4.90 Å². The van der Waals surface area contributed by atoms with E-state index in [1.54, 1.807) is 11.6 Å². The number of thiazole rings is 1. The van der Waals surface area contributed by atoms with Crippen molar-refractivity contribution in [3.63, 3.8) is 0 Å². The van der Waals surface area contributed by atoms with Gasteiger partial charge in [0.25, 0.3) is 5.91 Å². The number of halogens is 3. The van der Waals surface area contributed by atoms with E-state index in [0.29, 0.717) is 5.13 Å². The van der Waals surface area contributed by atoms with Crippen LogP contribution in [0.2, 0.25) is 0 Å². The Balaban J connectivity index is 2.32. The van der Waals surface area contributed by atoms with Crippen molar-refractivity contribution in [2.24, 2.45) is 0 Å². The van der Waals surface area contributed by atoms with Crippen molar-refractivity contribution in [1.29, 1.82) is 0 Å². The summed E-state index contributed by atoms with van der Waals surface area (Å²) in [6.07, 6.45) is 1.57. The van der Waals surface area contributed by atoms with Crippen molar-refractivity contribution in [1.82, 2.24) is 4.98 Å². The van der Waals surface area contributed by atoms with E-state index >= 15 is 0 Å². The Bertz CT molecular complexity index is 755. The smallest absolute Gasteiger partial charge is 0.257 e. The lowest BCUT2D eigenvalue weighted by Crippen LogP contribution is -2.19. The quantitative estimate of drug-likeness (QED) is 0.624. The van der Waals surface area contributed by atoms with E-state index in [-0.39, 0.29) is 10.5 Å². The summed E-state index contributed by atoms with van der Waals surface area (Å²) in [4.78, 5) is 16.0. The highest BCUT2D eigenvalue weighted by atomic mass is 80.0. The Kier molecular flexibility index (Phi) is 5.24. The topological polar surface area (TPSA) is 76.1 Å². The first-order valence-corrected chi connectivity index (χ1v) is 10.1. The number of hydrogen-bond acceptors (Lipinski definition) is 5. The van der Waals surface area contributed by atoms with Gasteiger partial charge in [0.15, 0.2) is 5.13 Å². The lowest BCUT2D eigenvalue weighted by molar-refractivity contribution is 0.102. The van der Waals surface area contributed by atoms with Crippen LogP contribution in [0.25, 0.3) is 0 Å². The third-order valence-electron chi connectivity index (χ3n) is 2.36. The van der Waals surface area contributed by atoms with Crippen LogP contribution in [0.1, 0.15) is 10.4 Å². The Morgan fingerprint density at radius 2 is 2.00 bits per heavy atom. The summed E-state index contributed by atoms with van der Waals surface area (Å²) in [5, 5.41) is 4.77. The zero-order valence-corrected chi connectivity index (χ0v) is 16.5. The molecule has 1 amide bonds. The highest BCUT2D eigenvalue weighted by Crippen LogP contribution is 2.43. The van der Waals surface area contributed by atoms with Crippen LogP contribution in [0, 0.1) is 0 Å². The van der Waals surface area contributed by atoms with E-state index < -0.39 is 17.2 Å². The van der Waals surface area contributed by atoms with Gasteiger partial charge in [0.2, 0.25) is 11.3 Å². The lowest BCUT2D eigenvalue weighted by Gasteiger charge is -2.14. The number of carbonyl (C=O) groups is 1. The van der Waals surface area contributed by atoms with Crippen molar-refractivity contribution in [3.8, 4) is 0 Å². The summed E-state index contributed by atoms with van der Waals surface area (Å²) in [6, 6.07) is 5.74. The molecule has 0 saturated heterocycles. The van der Waals surface area contributed by atoms with Crippen molar-refractivity contribution >= 4 is 80.0 Å². The van der Waals surface area contributed by atoms with Crippen LogP contribution in [-0.2, 0) is 9.84 Å². The average Bonchev–Trinajstić information content (AvgIpc) is 2.90. The first-order chi connectivity index (χ1) is 9.72. The molecule has 0 atom stereocenters. The fourth-order valence-electron chi connectivity index (χ4n) is 1.39. The molecular weight excluding hydrogens is 512 g/mol. The lowest BCUT2D eigenvalue weighted by atomic mass is 10.2. The monoisotopic (exact) mass is 516 g/mol. The molecule has 0 bridgehead atoms. The van der Waals surface area contributed by atoms with Crippen molar-refractivity contribution in [2.75, 3.05) is 5.32 Å². The third kappa shape index (κ3) is 3.92. The van der Waals surface area contributed by atoms with Gasteiger partial charge < -0.3 is 0 Å². The number of hydrogen-bond donors (Lipinski definition) is 1. The van der Waals surface area contributed by atoms with Crippen molar-refractivity contribution < 1.29 is 13.2 Å². The molecule has 10 heteroatoms. The molecule has 0 radical (unpaired) electrons. The molecule has 112 valence electrons. The van der Waals surface area contributed by atoms with Gasteiger partial charge in [-0.25, -0.2) is 13.4 Å². The fraction of sp³-hybridized carbons (Fsp3) is 0.0909. The number of nitrogens with one attached hydrogen (secondary N) is 1. The molecule has 0 aliphatic rings. The highest BCUT2D eigenvalue weighted by Gasteiger charge is 2.37. The zero-order valence-electron chi connectivity index (χ0n) is 10.1. The number of sulfone groups is 1. The SMILES string of the molecule is O=C(Nc1nccs1)c1cccc(S(=O)(=O)C(Br)(Br)Br)c1. The summed E-state index contributed by atoms with van der Waals surface area (Å²) in [5.41, 5.74) is 0.225. The molecule has 1 N–H and O–H groups in total.